The van der Waals surface area contributed by atoms with Crippen LogP contribution in [0.25, 0.3) is 0 Å². The summed E-state index contributed by atoms with van der Waals surface area (Å²) in [4.78, 5) is 4.75. The van der Waals surface area contributed by atoms with Gasteiger partial charge in [-0.1, -0.05) is 42.8 Å². The molecule has 1 aliphatic carbocycles. The molecule has 0 spiro atoms. The summed E-state index contributed by atoms with van der Waals surface area (Å²) in [5.74, 6) is 2.85. The van der Waals surface area contributed by atoms with Crippen LogP contribution in [0.1, 0.15) is 63.4 Å². The Labute approximate surface area is 213 Å². The molecule has 1 aliphatic rings. The fourth-order valence-electron chi connectivity index (χ4n) is 4.04. The highest BCUT2D eigenvalue weighted by molar-refractivity contribution is 14.0. The van der Waals surface area contributed by atoms with Crippen LogP contribution < -0.4 is 15.4 Å². The lowest BCUT2D eigenvalue weighted by Gasteiger charge is -2.16. The van der Waals surface area contributed by atoms with Crippen molar-refractivity contribution in [2.24, 2.45) is 4.99 Å². The van der Waals surface area contributed by atoms with E-state index in [4.69, 9.17) is 9.73 Å². The number of rotatable bonds is 11. The number of thioether (sulfide) groups is 1. The minimum atomic E-state index is 0. The Morgan fingerprint density at radius 1 is 1.19 bits per heavy atom. The van der Waals surface area contributed by atoms with Crippen LogP contribution in [-0.4, -0.2) is 46.7 Å². The van der Waals surface area contributed by atoms with E-state index in [-0.39, 0.29) is 24.0 Å². The van der Waals surface area contributed by atoms with Gasteiger partial charge in [0.1, 0.15) is 11.6 Å². The summed E-state index contributed by atoms with van der Waals surface area (Å²) in [6.45, 7) is 6.99. The fraction of sp³-hybridized carbons (Fsp3) is 0.609. The smallest absolute Gasteiger partial charge is 0.191 e. The lowest BCUT2D eigenvalue weighted by Crippen LogP contribution is -2.38. The number of nitrogens with zero attached hydrogens (tertiary/aromatic N) is 4. The van der Waals surface area contributed by atoms with Crippen molar-refractivity contribution in [3.8, 4) is 5.75 Å². The summed E-state index contributed by atoms with van der Waals surface area (Å²) in [6, 6.07) is 8.66. The van der Waals surface area contributed by atoms with Gasteiger partial charge in [-0.25, -0.2) is 4.99 Å². The minimum Gasteiger partial charge on any atom is -0.494 e. The van der Waals surface area contributed by atoms with E-state index in [2.05, 4.69) is 44.6 Å². The van der Waals surface area contributed by atoms with Crippen molar-refractivity contribution in [3.05, 3.63) is 35.7 Å². The van der Waals surface area contributed by atoms with E-state index in [0.717, 1.165) is 54.2 Å². The number of guanidine groups is 1. The quantitative estimate of drug-likeness (QED) is 0.132. The predicted octanol–water partition coefficient (Wildman–Crippen LogP) is 4.82. The van der Waals surface area contributed by atoms with Crippen molar-refractivity contribution in [2.75, 3.05) is 26.0 Å². The Morgan fingerprint density at radius 2 is 1.97 bits per heavy atom. The Hall–Kier alpha value is -1.49. The van der Waals surface area contributed by atoms with Gasteiger partial charge >= 0.3 is 0 Å². The molecule has 2 aromatic rings. The molecular weight excluding hydrogens is 535 g/mol. The first kappa shape index (κ1) is 26.8. The van der Waals surface area contributed by atoms with Gasteiger partial charge < -0.3 is 19.9 Å². The highest BCUT2D eigenvalue weighted by Crippen LogP contribution is 2.33. The molecular formula is C23H37IN6OS. The molecule has 0 radical (unpaired) electrons. The fourth-order valence-corrected chi connectivity index (χ4v) is 4.61. The molecule has 1 aromatic heterocycles. The van der Waals surface area contributed by atoms with Crippen LogP contribution in [0, 0.1) is 0 Å². The predicted molar refractivity (Wildman–Crippen MR) is 143 cm³/mol. The zero-order valence-corrected chi connectivity index (χ0v) is 22.6. The molecule has 0 unspecified atom stereocenters. The monoisotopic (exact) mass is 572 g/mol. The van der Waals surface area contributed by atoms with E-state index in [1.807, 2.05) is 25.1 Å². The summed E-state index contributed by atoms with van der Waals surface area (Å²) < 4.78 is 8.10. The van der Waals surface area contributed by atoms with Gasteiger partial charge in [-0.15, -0.1) is 34.2 Å². The van der Waals surface area contributed by atoms with Crippen molar-refractivity contribution < 1.29 is 4.74 Å². The SMILES string of the molecule is CCNC(=NCc1ccccc1OCC)NCCCc1nnc(SC)n1C1CCCC1.I. The van der Waals surface area contributed by atoms with Gasteiger partial charge in [-0.3, -0.25) is 0 Å². The number of hydrogen-bond donors (Lipinski definition) is 2. The van der Waals surface area contributed by atoms with E-state index >= 15 is 0 Å². The second-order valence-electron chi connectivity index (χ2n) is 7.68. The average molecular weight is 573 g/mol. The number of ether oxygens (including phenoxy) is 1. The lowest BCUT2D eigenvalue weighted by molar-refractivity contribution is 0.336. The molecule has 1 saturated carbocycles. The summed E-state index contributed by atoms with van der Waals surface area (Å²) in [7, 11) is 0. The van der Waals surface area contributed by atoms with E-state index in [0.29, 0.717) is 19.2 Å². The molecule has 0 amide bonds. The van der Waals surface area contributed by atoms with Crippen LogP contribution in [0.15, 0.2) is 34.4 Å². The molecule has 1 heterocycles. The summed E-state index contributed by atoms with van der Waals surface area (Å²) in [6.07, 6.45) is 9.11. The second-order valence-corrected chi connectivity index (χ2v) is 8.45. The van der Waals surface area contributed by atoms with Crippen molar-refractivity contribution in [3.63, 3.8) is 0 Å². The van der Waals surface area contributed by atoms with Crippen LogP contribution in [0.4, 0.5) is 0 Å². The van der Waals surface area contributed by atoms with Crippen LogP contribution in [0.2, 0.25) is 0 Å². The molecule has 32 heavy (non-hydrogen) atoms. The molecule has 2 N–H and O–H groups in total. The summed E-state index contributed by atoms with van der Waals surface area (Å²) in [5.41, 5.74) is 1.09. The van der Waals surface area contributed by atoms with E-state index in [1.165, 1.54) is 25.7 Å². The van der Waals surface area contributed by atoms with E-state index in [9.17, 15) is 0 Å². The van der Waals surface area contributed by atoms with Crippen molar-refractivity contribution in [1.82, 2.24) is 25.4 Å². The number of benzene rings is 1. The maximum Gasteiger partial charge on any atom is 0.191 e. The molecule has 1 aromatic carbocycles. The third-order valence-electron chi connectivity index (χ3n) is 5.50. The molecule has 0 bridgehead atoms. The number of aromatic nitrogens is 3. The van der Waals surface area contributed by atoms with Crippen LogP contribution in [0.5, 0.6) is 5.75 Å². The average Bonchev–Trinajstić information content (AvgIpc) is 3.45. The molecule has 9 heteroatoms. The molecule has 3 rings (SSSR count). The molecule has 0 saturated heterocycles. The first-order valence-electron chi connectivity index (χ1n) is 11.5. The number of aryl methyl sites for hydroxylation is 1. The Balaban J connectivity index is 0.00000363. The topological polar surface area (TPSA) is 76.4 Å². The summed E-state index contributed by atoms with van der Waals surface area (Å²) in [5, 5.41) is 16.8. The van der Waals surface area contributed by atoms with Gasteiger partial charge in [0, 0.05) is 31.1 Å². The van der Waals surface area contributed by atoms with Crippen LogP contribution in [0.3, 0.4) is 0 Å². The Bertz CT molecular complexity index is 838. The first-order chi connectivity index (χ1) is 15.3. The molecule has 1 fully saturated rings. The Kier molecular flexibility index (Phi) is 12.2. The van der Waals surface area contributed by atoms with Crippen molar-refractivity contribution >= 4 is 41.7 Å². The van der Waals surface area contributed by atoms with Gasteiger partial charge in [-0.05, 0) is 45.4 Å². The first-order valence-corrected chi connectivity index (χ1v) is 12.7. The van der Waals surface area contributed by atoms with Crippen molar-refractivity contribution in [2.45, 2.75) is 70.1 Å². The van der Waals surface area contributed by atoms with E-state index in [1.54, 1.807) is 11.8 Å². The van der Waals surface area contributed by atoms with Crippen LogP contribution in [-0.2, 0) is 13.0 Å². The largest absolute Gasteiger partial charge is 0.494 e. The third kappa shape index (κ3) is 7.54. The second kappa shape index (κ2) is 14.6. The number of aliphatic imine (C=N–C) groups is 1. The third-order valence-corrected chi connectivity index (χ3v) is 6.14. The van der Waals surface area contributed by atoms with Gasteiger partial charge in [-0.2, -0.15) is 0 Å². The maximum atomic E-state index is 5.71. The molecule has 7 nitrogen and oxygen atoms in total. The number of hydrogen-bond acceptors (Lipinski definition) is 5. The van der Waals surface area contributed by atoms with E-state index < -0.39 is 0 Å². The molecule has 0 atom stereocenters. The van der Waals surface area contributed by atoms with Crippen LogP contribution >= 0.6 is 35.7 Å². The van der Waals surface area contributed by atoms with Gasteiger partial charge in [0.25, 0.3) is 0 Å². The van der Waals surface area contributed by atoms with Gasteiger partial charge in [0.15, 0.2) is 11.1 Å². The maximum absolute atomic E-state index is 5.71. The zero-order chi connectivity index (χ0) is 21.9. The standard InChI is InChI=1S/C23H36N6OS.HI/c1-4-24-22(26-17-18-11-6-9-14-20(18)30-5-2)25-16-10-15-21-27-28-23(31-3)29(21)19-12-7-8-13-19;/h6,9,11,14,19H,4-5,7-8,10,12-13,15-17H2,1-3H3,(H2,24,25,26);1H. The highest BCUT2D eigenvalue weighted by Gasteiger charge is 2.23. The lowest BCUT2D eigenvalue weighted by atomic mass is 10.2. The number of para-hydroxylation sites is 1. The normalized spacial score (nSPS) is 14.3. The zero-order valence-electron chi connectivity index (χ0n) is 19.5. The highest BCUT2D eigenvalue weighted by atomic mass is 127. The number of nitrogens with one attached hydrogen (secondary N) is 2. The number of halogens is 1. The Morgan fingerprint density at radius 3 is 2.69 bits per heavy atom. The van der Waals surface area contributed by atoms with Gasteiger partial charge in [0.2, 0.25) is 0 Å². The molecule has 0 aliphatic heterocycles. The summed E-state index contributed by atoms with van der Waals surface area (Å²) >= 11 is 1.70. The molecule has 178 valence electrons. The minimum absolute atomic E-state index is 0. The van der Waals surface area contributed by atoms with Crippen molar-refractivity contribution in [1.29, 1.82) is 0 Å². The van der Waals surface area contributed by atoms with Gasteiger partial charge in [0.05, 0.1) is 13.2 Å².